The SMILES string of the molecule is O=C(NO)C1(F)C(c2ccccc2)C1c1cc(Cl)c2c(c1)C(F)(F)CCO2. The van der Waals surface area contributed by atoms with Crippen LogP contribution in [0.2, 0.25) is 5.02 Å². The molecule has 1 heterocycles. The van der Waals surface area contributed by atoms with E-state index >= 15 is 4.39 Å². The first-order valence-corrected chi connectivity index (χ1v) is 8.71. The van der Waals surface area contributed by atoms with Crippen LogP contribution in [0.3, 0.4) is 0 Å². The van der Waals surface area contributed by atoms with Gasteiger partial charge in [-0.2, -0.15) is 0 Å². The summed E-state index contributed by atoms with van der Waals surface area (Å²) in [7, 11) is 0. The molecule has 3 unspecified atom stereocenters. The van der Waals surface area contributed by atoms with E-state index in [1.54, 1.807) is 30.3 Å². The minimum Gasteiger partial charge on any atom is -0.491 e. The van der Waals surface area contributed by atoms with Crippen molar-refractivity contribution in [2.45, 2.75) is 29.8 Å². The molecule has 4 nitrogen and oxygen atoms in total. The highest BCUT2D eigenvalue weighted by Gasteiger charge is 2.72. The number of rotatable bonds is 3. The quantitative estimate of drug-likeness (QED) is 0.599. The van der Waals surface area contributed by atoms with Crippen molar-refractivity contribution in [1.82, 2.24) is 5.48 Å². The van der Waals surface area contributed by atoms with E-state index < -0.39 is 41.3 Å². The Labute approximate surface area is 157 Å². The fourth-order valence-corrected chi connectivity index (χ4v) is 4.17. The van der Waals surface area contributed by atoms with Gasteiger partial charge in [0.25, 0.3) is 11.8 Å². The smallest absolute Gasteiger partial charge is 0.282 e. The molecule has 2 aromatic rings. The monoisotopic (exact) mass is 397 g/mol. The molecule has 1 aliphatic heterocycles. The Morgan fingerprint density at radius 2 is 1.81 bits per heavy atom. The Bertz CT molecular complexity index is 909. The number of hydroxylamine groups is 1. The molecule has 8 heteroatoms. The predicted molar refractivity (Wildman–Crippen MR) is 91.2 cm³/mol. The number of hydrogen-bond acceptors (Lipinski definition) is 3. The Morgan fingerprint density at radius 1 is 1.15 bits per heavy atom. The zero-order chi connectivity index (χ0) is 19.4. The molecule has 1 amide bonds. The van der Waals surface area contributed by atoms with Gasteiger partial charge in [0, 0.05) is 11.8 Å². The van der Waals surface area contributed by atoms with Gasteiger partial charge in [-0.05, 0) is 23.3 Å². The lowest BCUT2D eigenvalue weighted by atomic mass is 9.96. The zero-order valence-corrected chi connectivity index (χ0v) is 14.6. The summed E-state index contributed by atoms with van der Waals surface area (Å²) in [5.74, 6) is -6.50. The third kappa shape index (κ3) is 2.68. The van der Waals surface area contributed by atoms with Gasteiger partial charge in [0.15, 0.2) is 0 Å². The van der Waals surface area contributed by atoms with Gasteiger partial charge >= 0.3 is 0 Å². The molecule has 27 heavy (non-hydrogen) atoms. The molecule has 0 aromatic heterocycles. The maximum atomic E-state index is 15.5. The van der Waals surface area contributed by atoms with Crippen molar-refractivity contribution in [2.75, 3.05) is 6.61 Å². The van der Waals surface area contributed by atoms with Crippen LogP contribution >= 0.6 is 11.6 Å². The normalized spacial score (nSPS) is 28.0. The van der Waals surface area contributed by atoms with Gasteiger partial charge in [-0.1, -0.05) is 41.9 Å². The lowest BCUT2D eigenvalue weighted by molar-refractivity contribution is -0.136. The fraction of sp³-hybridized carbons (Fsp3) is 0.316. The standard InChI is InChI=1S/C19H15ClF3NO3/c20-13-9-11(8-12-16(13)27-7-6-18(12,21)22)15-14(10-4-2-1-3-5-10)19(15,23)17(25)24-26/h1-5,8-9,14-15,26H,6-7H2,(H,24,25). The molecule has 0 spiro atoms. The van der Waals surface area contributed by atoms with E-state index in [9.17, 15) is 13.6 Å². The molecule has 2 aromatic carbocycles. The van der Waals surface area contributed by atoms with E-state index in [2.05, 4.69) is 0 Å². The second-order valence-corrected chi connectivity index (χ2v) is 7.16. The first-order chi connectivity index (χ1) is 12.8. The molecule has 2 aliphatic rings. The van der Waals surface area contributed by atoms with Crippen LogP contribution in [0.5, 0.6) is 5.75 Å². The molecule has 1 fully saturated rings. The number of carbonyl (C=O) groups excluding carboxylic acids is 1. The highest BCUT2D eigenvalue weighted by Crippen LogP contribution is 2.67. The summed E-state index contributed by atoms with van der Waals surface area (Å²) in [5.41, 5.74) is -0.873. The molecule has 2 N–H and O–H groups in total. The van der Waals surface area contributed by atoms with Crippen molar-refractivity contribution in [2.24, 2.45) is 0 Å². The summed E-state index contributed by atoms with van der Waals surface area (Å²) in [6.45, 7) is -0.172. The minimum atomic E-state index is -3.16. The molecule has 4 rings (SSSR count). The fourth-order valence-electron chi connectivity index (χ4n) is 3.88. The van der Waals surface area contributed by atoms with Crippen molar-refractivity contribution >= 4 is 17.5 Å². The van der Waals surface area contributed by atoms with Crippen molar-refractivity contribution in [1.29, 1.82) is 0 Å². The summed E-state index contributed by atoms with van der Waals surface area (Å²) in [4.78, 5) is 12.0. The predicted octanol–water partition coefficient (Wildman–Crippen LogP) is 4.31. The molecule has 142 valence electrons. The number of fused-ring (bicyclic) bond motifs is 1. The van der Waals surface area contributed by atoms with E-state index in [0.717, 1.165) is 6.07 Å². The summed E-state index contributed by atoms with van der Waals surface area (Å²) in [6, 6.07) is 10.9. The van der Waals surface area contributed by atoms with Gasteiger partial charge in [0.2, 0.25) is 5.67 Å². The van der Waals surface area contributed by atoms with Gasteiger partial charge < -0.3 is 4.74 Å². The van der Waals surface area contributed by atoms with Crippen molar-refractivity contribution in [3.8, 4) is 5.75 Å². The van der Waals surface area contributed by atoms with Gasteiger partial charge in [-0.25, -0.2) is 18.7 Å². The molecular weight excluding hydrogens is 383 g/mol. The number of halogens is 4. The van der Waals surface area contributed by atoms with Gasteiger partial charge in [0.05, 0.1) is 23.6 Å². The van der Waals surface area contributed by atoms with E-state index in [4.69, 9.17) is 21.5 Å². The number of ether oxygens (including phenoxy) is 1. The molecule has 0 bridgehead atoms. The molecule has 1 saturated carbocycles. The zero-order valence-electron chi connectivity index (χ0n) is 13.9. The summed E-state index contributed by atoms with van der Waals surface area (Å²) in [5, 5.41) is 8.90. The molecule has 0 radical (unpaired) electrons. The van der Waals surface area contributed by atoms with Gasteiger partial charge in [-0.3, -0.25) is 10.0 Å². The lowest BCUT2D eigenvalue weighted by Gasteiger charge is -2.27. The molecule has 1 aliphatic carbocycles. The first-order valence-electron chi connectivity index (χ1n) is 8.33. The van der Waals surface area contributed by atoms with Gasteiger partial charge in [-0.15, -0.1) is 0 Å². The van der Waals surface area contributed by atoms with Crippen LogP contribution in [0.15, 0.2) is 42.5 Å². The van der Waals surface area contributed by atoms with E-state index in [1.165, 1.54) is 11.5 Å². The maximum absolute atomic E-state index is 15.5. The highest BCUT2D eigenvalue weighted by molar-refractivity contribution is 6.32. The Balaban J connectivity index is 1.82. The average molecular weight is 398 g/mol. The first kappa shape index (κ1) is 18.1. The lowest BCUT2D eigenvalue weighted by Crippen LogP contribution is -2.33. The molecular formula is C19H15ClF3NO3. The Kier molecular flexibility index (Phi) is 4.12. The maximum Gasteiger partial charge on any atom is 0.282 e. The summed E-state index contributed by atoms with van der Waals surface area (Å²) >= 11 is 6.12. The second kappa shape index (κ2) is 6.14. The third-order valence-corrected chi connectivity index (χ3v) is 5.50. The second-order valence-electron chi connectivity index (χ2n) is 6.76. The van der Waals surface area contributed by atoms with E-state index in [1.807, 2.05) is 0 Å². The van der Waals surface area contributed by atoms with Crippen molar-refractivity contribution < 1.29 is 27.9 Å². The number of hydrogen-bond donors (Lipinski definition) is 2. The number of alkyl halides is 3. The number of nitrogens with one attached hydrogen (secondary N) is 1. The van der Waals surface area contributed by atoms with Crippen LogP contribution in [0, 0.1) is 0 Å². The van der Waals surface area contributed by atoms with Crippen LogP contribution < -0.4 is 10.2 Å². The minimum absolute atomic E-state index is 0.0626. The summed E-state index contributed by atoms with van der Waals surface area (Å²) in [6.07, 6.45) is -0.509. The van der Waals surface area contributed by atoms with E-state index in [0.29, 0.717) is 5.56 Å². The number of benzene rings is 2. The average Bonchev–Trinajstić information content (AvgIpc) is 3.29. The summed E-state index contributed by atoms with van der Waals surface area (Å²) < 4.78 is 49.4. The topological polar surface area (TPSA) is 58.6 Å². The van der Waals surface area contributed by atoms with Crippen molar-refractivity contribution in [3.05, 3.63) is 64.2 Å². The molecule has 3 atom stereocenters. The largest absolute Gasteiger partial charge is 0.491 e. The van der Waals surface area contributed by atoms with Crippen LogP contribution in [-0.2, 0) is 10.7 Å². The van der Waals surface area contributed by atoms with Crippen LogP contribution in [0.25, 0.3) is 0 Å². The third-order valence-electron chi connectivity index (χ3n) is 5.22. The Morgan fingerprint density at radius 3 is 2.48 bits per heavy atom. The number of amides is 1. The van der Waals surface area contributed by atoms with Crippen LogP contribution in [0.1, 0.15) is 34.9 Å². The Hall–Kier alpha value is -2.25. The number of carbonyl (C=O) groups is 1. The van der Waals surface area contributed by atoms with Gasteiger partial charge in [0.1, 0.15) is 5.75 Å². The molecule has 0 saturated heterocycles. The van der Waals surface area contributed by atoms with Crippen LogP contribution in [-0.4, -0.2) is 23.4 Å². The van der Waals surface area contributed by atoms with Crippen LogP contribution in [0.4, 0.5) is 13.2 Å². The van der Waals surface area contributed by atoms with Crippen molar-refractivity contribution in [3.63, 3.8) is 0 Å². The van der Waals surface area contributed by atoms with E-state index in [-0.39, 0.29) is 22.9 Å². The highest BCUT2D eigenvalue weighted by atomic mass is 35.5.